The highest BCUT2D eigenvalue weighted by molar-refractivity contribution is 8.00. The molecule has 1 saturated carbocycles. The van der Waals surface area contributed by atoms with Crippen molar-refractivity contribution in [3.05, 3.63) is 23.1 Å². The number of hydrogen-bond acceptors (Lipinski definition) is 7. The van der Waals surface area contributed by atoms with E-state index in [1.807, 2.05) is 30.0 Å². The van der Waals surface area contributed by atoms with Gasteiger partial charge in [0.1, 0.15) is 10.6 Å². The minimum atomic E-state index is -0.204. The Balaban J connectivity index is 1.71. The highest BCUT2D eigenvalue weighted by atomic mass is 32.2. The third kappa shape index (κ3) is 3.54. The van der Waals surface area contributed by atoms with Crippen LogP contribution in [0.4, 0.5) is 5.95 Å². The fourth-order valence-electron chi connectivity index (χ4n) is 3.17. The van der Waals surface area contributed by atoms with Crippen molar-refractivity contribution in [1.82, 2.24) is 20.6 Å². The van der Waals surface area contributed by atoms with Crippen molar-refractivity contribution in [3.63, 3.8) is 0 Å². The van der Waals surface area contributed by atoms with Gasteiger partial charge >= 0.3 is 0 Å². The maximum atomic E-state index is 12.8. The van der Waals surface area contributed by atoms with Gasteiger partial charge in [-0.05, 0) is 36.3 Å². The molecule has 0 spiro atoms. The molecule has 4 rings (SSSR count). The summed E-state index contributed by atoms with van der Waals surface area (Å²) in [5, 5.41) is 17.8. The summed E-state index contributed by atoms with van der Waals surface area (Å²) in [6.07, 6.45) is 6.21. The molecule has 0 aliphatic heterocycles. The van der Waals surface area contributed by atoms with Gasteiger partial charge in [-0.2, -0.15) is 5.21 Å². The van der Waals surface area contributed by atoms with Gasteiger partial charge in [0.05, 0.1) is 7.11 Å². The van der Waals surface area contributed by atoms with Gasteiger partial charge in [-0.25, -0.2) is 0 Å². The molecule has 1 amide bonds. The molecule has 0 atom stereocenters. The summed E-state index contributed by atoms with van der Waals surface area (Å²) in [5.41, 5.74) is 0. The Labute approximate surface area is 158 Å². The van der Waals surface area contributed by atoms with Crippen LogP contribution in [0.3, 0.4) is 0 Å². The van der Waals surface area contributed by atoms with E-state index in [0.29, 0.717) is 10.1 Å². The van der Waals surface area contributed by atoms with E-state index in [2.05, 4.69) is 25.9 Å². The highest BCUT2D eigenvalue weighted by Crippen LogP contribution is 2.44. The lowest BCUT2D eigenvalue weighted by Crippen LogP contribution is -2.13. The largest absolute Gasteiger partial charge is 0.497 e. The van der Waals surface area contributed by atoms with Crippen LogP contribution >= 0.6 is 23.1 Å². The summed E-state index contributed by atoms with van der Waals surface area (Å²) < 4.78 is 6.46. The number of ether oxygens (including phenoxy) is 1. The predicted molar refractivity (Wildman–Crippen MR) is 103 cm³/mol. The van der Waals surface area contributed by atoms with Crippen molar-refractivity contribution in [2.24, 2.45) is 0 Å². The first-order valence-electron chi connectivity index (χ1n) is 8.56. The van der Waals surface area contributed by atoms with E-state index in [-0.39, 0.29) is 11.9 Å². The van der Waals surface area contributed by atoms with Crippen LogP contribution in [0.25, 0.3) is 10.1 Å². The van der Waals surface area contributed by atoms with Crippen molar-refractivity contribution in [1.29, 1.82) is 0 Å². The van der Waals surface area contributed by atoms with Crippen LogP contribution in [0.15, 0.2) is 23.1 Å². The summed E-state index contributed by atoms with van der Waals surface area (Å²) in [4.78, 5) is 14.5. The fourth-order valence-corrected chi connectivity index (χ4v) is 5.88. The third-order valence-corrected chi connectivity index (χ3v) is 7.23. The van der Waals surface area contributed by atoms with Gasteiger partial charge in [-0.3, -0.25) is 10.1 Å². The number of rotatable bonds is 5. The van der Waals surface area contributed by atoms with Crippen LogP contribution in [0, 0.1) is 0 Å². The first kappa shape index (κ1) is 17.3. The molecule has 1 aromatic carbocycles. The number of carbonyl (C=O) groups is 1. The smallest absolute Gasteiger partial charge is 0.270 e. The number of aromatic amines is 1. The molecule has 2 aromatic heterocycles. The Morgan fingerprint density at radius 2 is 2.19 bits per heavy atom. The van der Waals surface area contributed by atoms with Gasteiger partial charge in [0.25, 0.3) is 11.9 Å². The molecule has 7 nitrogen and oxygen atoms in total. The molecule has 26 heavy (non-hydrogen) atoms. The summed E-state index contributed by atoms with van der Waals surface area (Å²) in [6, 6.07) is 5.95. The molecule has 0 unspecified atom stereocenters. The Morgan fingerprint density at radius 1 is 1.35 bits per heavy atom. The van der Waals surface area contributed by atoms with Crippen LogP contribution in [-0.2, 0) is 0 Å². The number of amides is 1. The number of tetrazole rings is 1. The Morgan fingerprint density at radius 3 is 2.92 bits per heavy atom. The molecular weight excluding hydrogens is 370 g/mol. The number of nitrogens with zero attached hydrogens (tertiary/aromatic N) is 3. The summed E-state index contributed by atoms with van der Waals surface area (Å²) in [6.45, 7) is 0. The number of carbonyl (C=O) groups excluding carboxylic acids is 1. The lowest BCUT2D eigenvalue weighted by atomic mass is 10.0. The summed E-state index contributed by atoms with van der Waals surface area (Å²) in [5.74, 6) is 0.773. The number of thiophene rings is 1. The van der Waals surface area contributed by atoms with Crippen LogP contribution in [0.5, 0.6) is 5.75 Å². The number of thioether (sulfide) groups is 1. The maximum absolute atomic E-state index is 12.8. The minimum absolute atomic E-state index is 0.179. The number of H-pyrrole nitrogens is 1. The lowest BCUT2D eigenvalue weighted by Gasteiger charge is -2.21. The fraction of sp³-hybridized carbons (Fsp3) is 0.412. The number of anilines is 1. The molecule has 2 heterocycles. The number of benzene rings is 1. The van der Waals surface area contributed by atoms with E-state index in [0.717, 1.165) is 20.7 Å². The quantitative estimate of drug-likeness (QED) is 0.682. The average molecular weight is 390 g/mol. The lowest BCUT2D eigenvalue weighted by molar-refractivity contribution is 0.102. The average Bonchev–Trinajstić information content (AvgIpc) is 3.30. The van der Waals surface area contributed by atoms with Crippen LogP contribution in [0.2, 0.25) is 0 Å². The van der Waals surface area contributed by atoms with Crippen molar-refractivity contribution in [3.8, 4) is 5.75 Å². The van der Waals surface area contributed by atoms with Gasteiger partial charge in [-0.1, -0.05) is 24.4 Å². The molecule has 136 valence electrons. The molecule has 0 saturated heterocycles. The first-order valence-corrected chi connectivity index (χ1v) is 10.3. The third-order valence-electron chi connectivity index (χ3n) is 4.46. The molecule has 1 aliphatic carbocycles. The van der Waals surface area contributed by atoms with Gasteiger partial charge in [0.15, 0.2) is 0 Å². The zero-order chi connectivity index (χ0) is 17.9. The van der Waals surface area contributed by atoms with Crippen LogP contribution in [-0.4, -0.2) is 38.9 Å². The van der Waals surface area contributed by atoms with E-state index >= 15 is 0 Å². The number of nitrogens with one attached hydrogen (secondary N) is 2. The Bertz CT molecular complexity index is 903. The van der Waals surface area contributed by atoms with Crippen molar-refractivity contribution >= 4 is 45.0 Å². The minimum Gasteiger partial charge on any atom is -0.497 e. The number of methoxy groups -OCH3 is 1. The van der Waals surface area contributed by atoms with Gasteiger partial charge in [0, 0.05) is 20.2 Å². The highest BCUT2D eigenvalue weighted by Gasteiger charge is 2.24. The zero-order valence-electron chi connectivity index (χ0n) is 14.3. The van der Waals surface area contributed by atoms with Crippen molar-refractivity contribution in [2.45, 2.75) is 42.2 Å². The molecule has 9 heteroatoms. The van der Waals surface area contributed by atoms with Crippen molar-refractivity contribution in [2.75, 3.05) is 12.4 Å². The van der Waals surface area contributed by atoms with E-state index in [1.54, 1.807) is 7.11 Å². The van der Waals surface area contributed by atoms with Gasteiger partial charge in [-0.15, -0.1) is 28.2 Å². The topological polar surface area (TPSA) is 92.8 Å². The maximum Gasteiger partial charge on any atom is 0.270 e. The standard InChI is InChI=1S/C17H19N5O2S2/c1-24-10-7-8-13-12(9-10)14(25-11-5-3-2-4-6-11)15(26-13)16(23)18-17-19-21-22-20-17/h7-9,11H,2-6H2,1H3,(H2,18,19,20,21,22,23). The predicted octanol–water partition coefficient (Wildman–Crippen LogP) is 4.10. The molecule has 2 N–H and O–H groups in total. The molecular formula is C17H19N5O2S2. The van der Waals surface area contributed by atoms with E-state index in [9.17, 15) is 4.79 Å². The molecule has 1 aliphatic rings. The zero-order valence-corrected chi connectivity index (χ0v) is 16.0. The van der Waals surface area contributed by atoms with E-state index in [4.69, 9.17) is 4.74 Å². The first-order chi connectivity index (χ1) is 12.7. The second-order valence-electron chi connectivity index (χ2n) is 6.19. The molecule has 3 aromatic rings. The molecule has 0 radical (unpaired) electrons. The number of fused-ring (bicyclic) bond motifs is 1. The second kappa shape index (κ2) is 7.63. The number of hydrogen-bond donors (Lipinski definition) is 2. The molecule has 0 bridgehead atoms. The monoisotopic (exact) mass is 389 g/mol. The molecule has 1 fully saturated rings. The van der Waals surface area contributed by atoms with Gasteiger partial charge in [0.2, 0.25) is 0 Å². The van der Waals surface area contributed by atoms with E-state index in [1.165, 1.54) is 43.4 Å². The van der Waals surface area contributed by atoms with Crippen LogP contribution in [0.1, 0.15) is 41.8 Å². The Hall–Kier alpha value is -2.13. The van der Waals surface area contributed by atoms with E-state index < -0.39 is 0 Å². The van der Waals surface area contributed by atoms with Crippen molar-refractivity contribution < 1.29 is 9.53 Å². The summed E-state index contributed by atoms with van der Waals surface area (Å²) >= 11 is 3.30. The number of aromatic nitrogens is 4. The normalized spacial score (nSPS) is 15.3. The van der Waals surface area contributed by atoms with Crippen LogP contribution < -0.4 is 10.1 Å². The summed E-state index contributed by atoms with van der Waals surface area (Å²) in [7, 11) is 1.66. The SMILES string of the molecule is COc1ccc2sc(C(=O)Nc3nn[nH]n3)c(SC3CCCCC3)c2c1. The second-order valence-corrected chi connectivity index (χ2v) is 8.55. The van der Waals surface area contributed by atoms with Gasteiger partial charge < -0.3 is 4.74 Å². The Kier molecular flexibility index (Phi) is 5.07.